The van der Waals surface area contributed by atoms with Gasteiger partial charge in [0.1, 0.15) is 11.5 Å². The zero-order valence-electron chi connectivity index (χ0n) is 13.5. The van der Waals surface area contributed by atoms with E-state index in [0.717, 1.165) is 0 Å². The van der Waals surface area contributed by atoms with E-state index in [-0.39, 0.29) is 10.9 Å². The lowest BCUT2D eigenvalue weighted by molar-refractivity contribution is 0.0962. The molecule has 2 aromatic rings. The predicted molar refractivity (Wildman–Crippen MR) is 92.3 cm³/mol. The number of benzene rings is 2. The van der Waals surface area contributed by atoms with Crippen molar-refractivity contribution in [2.45, 2.75) is 0 Å². The van der Waals surface area contributed by atoms with E-state index in [4.69, 9.17) is 21.1 Å². The summed E-state index contributed by atoms with van der Waals surface area (Å²) in [6.07, 6.45) is 0. The minimum absolute atomic E-state index is 0.256. The van der Waals surface area contributed by atoms with E-state index >= 15 is 0 Å². The number of carbonyl (C=O) groups is 2. The number of carbonyl (C=O) groups excluding carboxylic acids is 2. The van der Waals surface area contributed by atoms with Gasteiger partial charge in [-0.3, -0.25) is 9.59 Å². The van der Waals surface area contributed by atoms with Gasteiger partial charge >= 0.3 is 0 Å². The maximum absolute atomic E-state index is 12.5. The number of nitrogens with one attached hydrogen (secondary N) is 2. The van der Waals surface area contributed by atoms with Crippen molar-refractivity contribution in [3.8, 4) is 11.5 Å². The van der Waals surface area contributed by atoms with Gasteiger partial charge in [0.05, 0.1) is 30.5 Å². The van der Waals surface area contributed by atoms with Crippen LogP contribution in [0.15, 0.2) is 36.4 Å². The molecule has 0 aliphatic carbocycles. The van der Waals surface area contributed by atoms with Gasteiger partial charge in [-0.2, -0.15) is 0 Å². The van der Waals surface area contributed by atoms with Gasteiger partial charge in [0.2, 0.25) is 0 Å². The van der Waals surface area contributed by atoms with E-state index in [2.05, 4.69) is 10.6 Å². The Morgan fingerprint density at radius 2 is 1.75 bits per heavy atom. The molecule has 6 nitrogen and oxygen atoms in total. The van der Waals surface area contributed by atoms with E-state index in [9.17, 15) is 9.59 Å². The fourth-order valence-electron chi connectivity index (χ4n) is 2.08. The van der Waals surface area contributed by atoms with Crippen molar-refractivity contribution in [2.75, 3.05) is 26.6 Å². The quantitative estimate of drug-likeness (QED) is 0.871. The molecule has 2 N–H and O–H groups in total. The number of rotatable bonds is 5. The summed E-state index contributed by atoms with van der Waals surface area (Å²) in [5.74, 6) is 0.276. The second-order valence-electron chi connectivity index (χ2n) is 4.79. The molecule has 0 aliphatic rings. The van der Waals surface area contributed by atoms with Crippen molar-refractivity contribution >= 4 is 29.1 Å². The normalized spacial score (nSPS) is 10.0. The first-order chi connectivity index (χ1) is 11.5. The van der Waals surface area contributed by atoms with Crippen molar-refractivity contribution < 1.29 is 19.1 Å². The van der Waals surface area contributed by atoms with E-state index in [1.54, 1.807) is 30.3 Å². The highest BCUT2D eigenvalue weighted by atomic mass is 35.5. The standard InChI is InChI=1S/C17H17ClN2O4/c1-19-16(21)10-4-6-14(13(18)8-10)20-17(22)12-9-11(23-2)5-7-15(12)24-3/h4-9H,1-3H3,(H,19,21)(H,20,22). The van der Waals surface area contributed by atoms with Gasteiger partial charge in [0, 0.05) is 12.6 Å². The molecule has 0 aliphatic heterocycles. The van der Waals surface area contributed by atoms with Crippen LogP contribution in [-0.2, 0) is 0 Å². The van der Waals surface area contributed by atoms with E-state index in [1.165, 1.54) is 27.3 Å². The summed E-state index contributed by atoms with van der Waals surface area (Å²) in [7, 11) is 4.52. The second-order valence-corrected chi connectivity index (χ2v) is 5.20. The Balaban J connectivity index is 2.28. The topological polar surface area (TPSA) is 76.7 Å². The number of halogens is 1. The van der Waals surface area contributed by atoms with Gasteiger partial charge in [-0.1, -0.05) is 11.6 Å². The van der Waals surface area contributed by atoms with Crippen molar-refractivity contribution in [1.29, 1.82) is 0 Å². The molecule has 2 rings (SSSR count). The molecule has 0 heterocycles. The number of ether oxygens (including phenoxy) is 2. The molecule has 0 spiro atoms. The van der Waals surface area contributed by atoms with Crippen LogP contribution in [0.1, 0.15) is 20.7 Å². The molecule has 7 heteroatoms. The summed E-state index contributed by atoms with van der Waals surface area (Å²) in [5, 5.41) is 5.46. The smallest absolute Gasteiger partial charge is 0.259 e. The van der Waals surface area contributed by atoms with Gasteiger partial charge in [-0.05, 0) is 36.4 Å². The molecule has 0 saturated carbocycles. The van der Waals surface area contributed by atoms with E-state index < -0.39 is 5.91 Å². The fourth-order valence-corrected chi connectivity index (χ4v) is 2.31. The zero-order chi connectivity index (χ0) is 17.7. The highest BCUT2D eigenvalue weighted by Crippen LogP contribution is 2.27. The molecule has 0 bridgehead atoms. The van der Waals surface area contributed by atoms with Gasteiger partial charge in [-0.15, -0.1) is 0 Å². The van der Waals surface area contributed by atoms with Gasteiger partial charge in [0.25, 0.3) is 11.8 Å². The molecule has 0 fully saturated rings. The first kappa shape index (κ1) is 17.6. The zero-order valence-corrected chi connectivity index (χ0v) is 14.2. The van der Waals surface area contributed by atoms with Gasteiger partial charge < -0.3 is 20.1 Å². The highest BCUT2D eigenvalue weighted by Gasteiger charge is 2.16. The lowest BCUT2D eigenvalue weighted by Crippen LogP contribution is -2.18. The summed E-state index contributed by atoms with van der Waals surface area (Å²) in [5.41, 5.74) is 1.10. The van der Waals surface area contributed by atoms with Crippen LogP contribution < -0.4 is 20.1 Å². The highest BCUT2D eigenvalue weighted by molar-refractivity contribution is 6.34. The minimum atomic E-state index is -0.402. The average Bonchev–Trinajstić information content (AvgIpc) is 2.61. The molecule has 2 aromatic carbocycles. The molecule has 0 aromatic heterocycles. The van der Waals surface area contributed by atoms with Crippen LogP contribution >= 0.6 is 11.6 Å². The van der Waals surface area contributed by atoms with Crippen LogP contribution in [0.4, 0.5) is 5.69 Å². The van der Waals surface area contributed by atoms with Gasteiger partial charge in [0.15, 0.2) is 0 Å². The van der Waals surface area contributed by atoms with Crippen LogP contribution in [0.2, 0.25) is 5.02 Å². The van der Waals surface area contributed by atoms with Crippen molar-refractivity contribution in [3.63, 3.8) is 0 Å². The molecule has 0 saturated heterocycles. The van der Waals surface area contributed by atoms with Gasteiger partial charge in [-0.25, -0.2) is 0 Å². The van der Waals surface area contributed by atoms with Crippen LogP contribution in [0.5, 0.6) is 11.5 Å². The molecule has 0 radical (unpaired) electrons. The Morgan fingerprint density at radius 1 is 1.00 bits per heavy atom. The first-order valence-electron chi connectivity index (χ1n) is 7.05. The molecule has 24 heavy (non-hydrogen) atoms. The Kier molecular flexibility index (Phi) is 5.65. The maximum atomic E-state index is 12.5. The van der Waals surface area contributed by atoms with Crippen molar-refractivity contribution in [2.24, 2.45) is 0 Å². The molecule has 126 valence electrons. The summed E-state index contributed by atoms with van der Waals surface area (Å²) in [6.45, 7) is 0. The summed E-state index contributed by atoms with van der Waals surface area (Å²) < 4.78 is 10.3. The number of hydrogen-bond donors (Lipinski definition) is 2. The molecule has 0 atom stereocenters. The Morgan fingerprint density at radius 3 is 2.33 bits per heavy atom. The largest absolute Gasteiger partial charge is 0.497 e. The number of hydrogen-bond acceptors (Lipinski definition) is 4. The van der Waals surface area contributed by atoms with E-state index in [1.807, 2.05) is 0 Å². The summed E-state index contributed by atoms with van der Waals surface area (Å²) >= 11 is 6.14. The first-order valence-corrected chi connectivity index (χ1v) is 7.43. The van der Waals surface area contributed by atoms with Crippen LogP contribution in [-0.4, -0.2) is 33.1 Å². The Bertz CT molecular complexity index is 777. The van der Waals surface area contributed by atoms with Crippen LogP contribution in [0, 0.1) is 0 Å². The van der Waals surface area contributed by atoms with Crippen molar-refractivity contribution in [3.05, 3.63) is 52.5 Å². The maximum Gasteiger partial charge on any atom is 0.259 e. The average molecular weight is 349 g/mol. The Hall–Kier alpha value is -2.73. The number of amides is 2. The molecular weight excluding hydrogens is 332 g/mol. The van der Waals surface area contributed by atoms with E-state index in [0.29, 0.717) is 28.3 Å². The third-order valence-electron chi connectivity index (χ3n) is 3.36. The third-order valence-corrected chi connectivity index (χ3v) is 3.67. The summed E-state index contributed by atoms with van der Waals surface area (Å²) in [6, 6.07) is 9.53. The minimum Gasteiger partial charge on any atom is -0.497 e. The lowest BCUT2D eigenvalue weighted by atomic mass is 10.1. The molecular formula is C17H17ClN2O4. The monoisotopic (exact) mass is 348 g/mol. The van der Waals surface area contributed by atoms with Crippen LogP contribution in [0.3, 0.4) is 0 Å². The molecule has 2 amide bonds. The number of anilines is 1. The summed E-state index contributed by atoms with van der Waals surface area (Å²) in [4.78, 5) is 24.1. The predicted octanol–water partition coefficient (Wildman–Crippen LogP) is 2.97. The SMILES string of the molecule is CNC(=O)c1ccc(NC(=O)c2cc(OC)ccc2OC)c(Cl)c1. The number of methoxy groups -OCH3 is 2. The lowest BCUT2D eigenvalue weighted by Gasteiger charge is -2.12. The molecule has 0 unspecified atom stereocenters. The van der Waals surface area contributed by atoms with Crippen molar-refractivity contribution in [1.82, 2.24) is 5.32 Å². The third kappa shape index (κ3) is 3.78. The Labute approximate surface area is 144 Å². The second kappa shape index (κ2) is 7.70. The fraction of sp³-hybridized carbons (Fsp3) is 0.176. The van der Waals surface area contributed by atoms with Crippen LogP contribution in [0.25, 0.3) is 0 Å².